The van der Waals surface area contributed by atoms with E-state index in [2.05, 4.69) is 5.32 Å². The van der Waals surface area contributed by atoms with Crippen molar-refractivity contribution in [1.82, 2.24) is 5.32 Å². The van der Waals surface area contributed by atoms with Crippen LogP contribution in [0.25, 0.3) is 0 Å². The summed E-state index contributed by atoms with van der Waals surface area (Å²) in [5.74, 6) is -0.405. The van der Waals surface area contributed by atoms with E-state index in [-0.39, 0.29) is 29.0 Å². The summed E-state index contributed by atoms with van der Waals surface area (Å²) < 4.78 is 23.6. The third-order valence-electron chi connectivity index (χ3n) is 3.76. The normalized spacial score (nSPS) is 12.8. The quantitative estimate of drug-likeness (QED) is 0.602. The fourth-order valence-electron chi connectivity index (χ4n) is 2.28. The Morgan fingerprint density at radius 1 is 1.15 bits per heavy atom. The first-order valence-electron chi connectivity index (χ1n) is 7.86. The number of ether oxygens (including phenoxy) is 2. The molecular formula is C18H19FN2O5. The molecule has 0 aliphatic rings. The van der Waals surface area contributed by atoms with E-state index in [4.69, 9.17) is 9.47 Å². The average molecular weight is 362 g/mol. The third-order valence-corrected chi connectivity index (χ3v) is 3.76. The summed E-state index contributed by atoms with van der Waals surface area (Å²) in [6, 6.07) is 9.31. The fourth-order valence-corrected chi connectivity index (χ4v) is 2.28. The molecule has 26 heavy (non-hydrogen) atoms. The van der Waals surface area contributed by atoms with Gasteiger partial charge in [0.1, 0.15) is 5.82 Å². The van der Waals surface area contributed by atoms with Crippen molar-refractivity contribution in [3.63, 3.8) is 0 Å². The van der Waals surface area contributed by atoms with Crippen molar-refractivity contribution < 1.29 is 23.6 Å². The molecule has 1 amide bonds. The molecule has 0 radical (unpaired) electrons. The molecule has 0 aliphatic heterocycles. The van der Waals surface area contributed by atoms with Crippen LogP contribution in [0.4, 0.5) is 10.1 Å². The van der Waals surface area contributed by atoms with Crippen LogP contribution in [0.3, 0.4) is 0 Å². The number of nitrogens with zero attached hydrogens (tertiary/aromatic N) is 1. The molecule has 2 atom stereocenters. The van der Waals surface area contributed by atoms with Crippen molar-refractivity contribution in [2.75, 3.05) is 7.11 Å². The molecule has 8 heteroatoms. The molecule has 138 valence electrons. The van der Waals surface area contributed by atoms with Gasteiger partial charge in [-0.05, 0) is 37.6 Å². The maximum Gasteiger partial charge on any atom is 0.273 e. The van der Waals surface area contributed by atoms with Gasteiger partial charge in [-0.25, -0.2) is 4.39 Å². The Labute approximate surface area is 149 Å². The molecule has 0 heterocycles. The van der Waals surface area contributed by atoms with Crippen molar-refractivity contribution in [2.45, 2.75) is 26.0 Å². The largest absolute Gasteiger partial charge is 0.493 e. The first kappa shape index (κ1) is 19.2. The highest BCUT2D eigenvalue weighted by Crippen LogP contribution is 2.32. The number of non-ortho nitro benzene ring substituents is 1. The van der Waals surface area contributed by atoms with E-state index in [0.29, 0.717) is 0 Å². The summed E-state index contributed by atoms with van der Waals surface area (Å²) in [6.07, 6.45) is -0.922. The van der Waals surface area contributed by atoms with Gasteiger partial charge in [0.25, 0.3) is 11.6 Å². The van der Waals surface area contributed by atoms with Crippen LogP contribution >= 0.6 is 0 Å². The van der Waals surface area contributed by atoms with Crippen molar-refractivity contribution in [3.05, 3.63) is 64.0 Å². The number of carbonyl (C=O) groups excluding carboxylic acids is 1. The lowest BCUT2D eigenvalue weighted by Crippen LogP contribution is -2.37. The highest BCUT2D eigenvalue weighted by Gasteiger charge is 2.21. The van der Waals surface area contributed by atoms with Crippen molar-refractivity contribution in [1.29, 1.82) is 0 Å². The number of hydrogen-bond donors (Lipinski definition) is 1. The average Bonchev–Trinajstić information content (AvgIpc) is 2.61. The van der Waals surface area contributed by atoms with Crippen LogP contribution in [0, 0.1) is 15.9 Å². The first-order valence-corrected chi connectivity index (χ1v) is 7.86. The third kappa shape index (κ3) is 4.69. The Bertz CT molecular complexity index is 795. The van der Waals surface area contributed by atoms with E-state index in [9.17, 15) is 19.3 Å². The molecule has 2 aromatic rings. The first-order chi connectivity index (χ1) is 12.3. The van der Waals surface area contributed by atoms with E-state index in [1.54, 1.807) is 19.1 Å². The molecule has 2 aromatic carbocycles. The molecule has 0 saturated carbocycles. The molecule has 0 aromatic heterocycles. The lowest BCUT2D eigenvalue weighted by atomic mass is 10.1. The summed E-state index contributed by atoms with van der Waals surface area (Å²) >= 11 is 0. The van der Waals surface area contributed by atoms with Crippen LogP contribution in [-0.2, 0) is 4.79 Å². The number of halogens is 1. The monoisotopic (exact) mass is 362 g/mol. The van der Waals surface area contributed by atoms with Gasteiger partial charge in [-0.1, -0.05) is 12.1 Å². The number of rotatable bonds is 7. The minimum absolute atomic E-state index is 0.0961. The predicted molar refractivity (Wildman–Crippen MR) is 92.7 cm³/mol. The molecule has 0 bridgehead atoms. The van der Waals surface area contributed by atoms with Crippen molar-refractivity contribution in [2.24, 2.45) is 0 Å². The Balaban J connectivity index is 2.07. The van der Waals surface area contributed by atoms with Gasteiger partial charge in [0.15, 0.2) is 17.6 Å². The van der Waals surface area contributed by atoms with E-state index < -0.39 is 16.9 Å². The molecular weight excluding hydrogens is 343 g/mol. The Morgan fingerprint density at radius 2 is 1.81 bits per heavy atom. The second-order valence-electron chi connectivity index (χ2n) is 5.63. The zero-order valence-corrected chi connectivity index (χ0v) is 14.6. The van der Waals surface area contributed by atoms with Gasteiger partial charge in [-0.3, -0.25) is 14.9 Å². The summed E-state index contributed by atoms with van der Waals surface area (Å²) in [5.41, 5.74) is 0.563. The SMILES string of the molecule is COc1ccc([N+](=O)[O-])cc1O[C@@H](C)C(=O)N[C@@H](C)c1ccc(F)cc1. The Morgan fingerprint density at radius 3 is 2.38 bits per heavy atom. The van der Waals surface area contributed by atoms with Crippen LogP contribution in [0.1, 0.15) is 25.5 Å². The number of nitro benzene ring substituents is 1. The molecule has 0 spiro atoms. The number of nitrogens with one attached hydrogen (secondary N) is 1. The number of hydrogen-bond acceptors (Lipinski definition) is 5. The van der Waals surface area contributed by atoms with Gasteiger partial charge in [0.05, 0.1) is 24.1 Å². The van der Waals surface area contributed by atoms with E-state index in [0.717, 1.165) is 5.56 Å². The highest BCUT2D eigenvalue weighted by atomic mass is 19.1. The maximum atomic E-state index is 13.0. The van der Waals surface area contributed by atoms with Crippen molar-refractivity contribution >= 4 is 11.6 Å². The van der Waals surface area contributed by atoms with Crippen LogP contribution in [0.2, 0.25) is 0 Å². The summed E-state index contributed by atoms with van der Waals surface area (Å²) in [5, 5.41) is 13.7. The van der Waals surface area contributed by atoms with Crippen LogP contribution < -0.4 is 14.8 Å². The lowest BCUT2D eigenvalue weighted by molar-refractivity contribution is -0.385. The maximum absolute atomic E-state index is 13.0. The highest BCUT2D eigenvalue weighted by molar-refractivity contribution is 5.81. The van der Waals surface area contributed by atoms with Gasteiger partial charge < -0.3 is 14.8 Å². The lowest BCUT2D eigenvalue weighted by Gasteiger charge is -2.20. The Hall–Kier alpha value is -3.16. The minimum atomic E-state index is -0.922. The number of nitro groups is 1. The Kier molecular flexibility index (Phi) is 6.11. The number of carbonyl (C=O) groups is 1. The van der Waals surface area contributed by atoms with Crippen LogP contribution in [-0.4, -0.2) is 24.0 Å². The van der Waals surface area contributed by atoms with Gasteiger partial charge in [0.2, 0.25) is 0 Å². The van der Waals surface area contributed by atoms with Crippen LogP contribution in [0.15, 0.2) is 42.5 Å². The molecule has 2 rings (SSSR count). The fraction of sp³-hybridized carbons (Fsp3) is 0.278. The summed E-state index contributed by atoms with van der Waals surface area (Å²) in [7, 11) is 1.40. The molecule has 1 N–H and O–H groups in total. The molecule has 0 fully saturated rings. The molecule has 0 aliphatic carbocycles. The van der Waals surface area contributed by atoms with E-state index in [1.807, 2.05) is 0 Å². The molecule has 0 saturated heterocycles. The molecule has 0 unspecified atom stereocenters. The second kappa shape index (κ2) is 8.28. The van der Waals surface area contributed by atoms with Crippen LogP contribution in [0.5, 0.6) is 11.5 Å². The topological polar surface area (TPSA) is 90.7 Å². The smallest absolute Gasteiger partial charge is 0.273 e. The van der Waals surface area contributed by atoms with E-state index >= 15 is 0 Å². The zero-order valence-electron chi connectivity index (χ0n) is 14.6. The number of amides is 1. The van der Waals surface area contributed by atoms with Gasteiger partial charge >= 0.3 is 0 Å². The number of methoxy groups -OCH3 is 1. The van der Waals surface area contributed by atoms with Gasteiger partial charge in [-0.2, -0.15) is 0 Å². The molecule has 7 nitrogen and oxygen atoms in total. The second-order valence-corrected chi connectivity index (χ2v) is 5.63. The minimum Gasteiger partial charge on any atom is -0.493 e. The predicted octanol–water partition coefficient (Wildman–Crippen LogP) is 3.39. The summed E-state index contributed by atoms with van der Waals surface area (Å²) in [6.45, 7) is 3.27. The summed E-state index contributed by atoms with van der Waals surface area (Å²) in [4.78, 5) is 22.7. The van der Waals surface area contributed by atoms with Crippen molar-refractivity contribution in [3.8, 4) is 11.5 Å². The van der Waals surface area contributed by atoms with Gasteiger partial charge in [-0.15, -0.1) is 0 Å². The standard InChI is InChI=1S/C18H19FN2O5/c1-11(13-4-6-14(19)7-5-13)20-18(22)12(2)26-17-10-15(21(23)24)8-9-16(17)25-3/h4-12H,1-3H3,(H,20,22)/t11-,12-/m0/s1. The van der Waals surface area contributed by atoms with E-state index in [1.165, 1.54) is 44.4 Å². The zero-order chi connectivity index (χ0) is 19.3. The van der Waals surface area contributed by atoms with Gasteiger partial charge in [0, 0.05) is 6.07 Å². The number of benzene rings is 2.